The molecule has 5 aromatic rings. The van der Waals surface area contributed by atoms with Crippen LogP contribution < -0.4 is 25.3 Å². The van der Waals surface area contributed by atoms with Gasteiger partial charge in [-0.3, -0.25) is 19.0 Å². The topological polar surface area (TPSA) is 102 Å². The molecule has 4 heterocycles. The second kappa shape index (κ2) is 16.8. The Labute approximate surface area is 376 Å². The Morgan fingerprint density at radius 2 is 1.53 bits per heavy atom. The normalized spacial score (nSPS) is 22.0. The smallest absolute Gasteiger partial charge is 0.276 e. The second-order valence-electron chi connectivity index (χ2n) is 16.9. The summed E-state index contributed by atoms with van der Waals surface area (Å²) in [6.45, 7) is 7.54. The molecule has 1 N–H and O–H groups in total. The van der Waals surface area contributed by atoms with Crippen molar-refractivity contribution >= 4 is 52.0 Å². The minimum atomic E-state index is -0.857. The molecule has 2 aromatic heterocycles. The van der Waals surface area contributed by atoms with Crippen LogP contribution in [0.3, 0.4) is 0 Å². The third-order valence-electron chi connectivity index (χ3n) is 12.4. The zero-order valence-electron chi connectivity index (χ0n) is 34.1. The van der Waals surface area contributed by atoms with Gasteiger partial charge in [0.25, 0.3) is 11.1 Å². The summed E-state index contributed by atoms with van der Waals surface area (Å²) in [5, 5.41) is 10.8. The zero-order chi connectivity index (χ0) is 43.7. The SMILES string of the molecule is CC(C)Oc1cc([C@H]2CC2CC2CCn3c(Cl)c(C4=C(F)C=C(Cl)C(Oc5ccccc5O)C4C)c(=O)n3C2)ccc1Oc1cc(-c2c(Cl)n3n(c2=O)CCCC3)c(F)cc1Cl. The number of ether oxygens (including phenoxy) is 3. The van der Waals surface area contributed by atoms with Crippen molar-refractivity contribution in [1.82, 2.24) is 18.7 Å². The van der Waals surface area contributed by atoms with Crippen molar-refractivity contribution in [2.75, 3.05) is 0 Å². The van der Waals surface area contributed by atoms with Gasteiger partial charge in [-0.2, -0.15) is 0 Å². The van der Waals surface area contributed by atoms with Gasteiger partial charge >= 0.3 is 0 Å². The van der Waals surface area contributed by atoms with Crippen molar-refractivity contribution in [2.24, 2.45) is 17.8 Å². The summed E-state index contributed by atoms with van der Waals surface area (Å²) in [4.78, 5) is 27.5. The quantitative estimate of drug-likeness (QED) is 0.142. The molecule has 9 rings (SSSR count). The van der Waals surface area contributed by atoms with Gasteiger partial charge in [-0.05, 0) is 112 Å². The van der Waals surface area contributed by atoms with E-state index in [2.05, 4.69) is 0 Å². The van der Waals surface area contributed by atoms with Gasteiger partial charge in [0.15, 0.2) is 23.0 Å². The molecule has 3 aromatic carbocycles. The maximum absolute atomic E-state index is 15.8. The number of hydrogen-bond donors (Lipinski definition) is 1. The molecule has 0 spiro atoms. The lowest BCUT2D eigenvalue weighted by atomic mass is 9.86. The summed E-state index contributed by atoms with van der Waals surface area (Å²) in [5.74, 6) is -0.121. The van der Waals surface area contributed by atoms with E-state index in [1.807, 2.05) is 32.0 Å². The number of hydrogen-bond acceptors (Lipinski definition) is 6. The minimum absolute atomic E-state index is 0.00662. The van der Waals surface area contributed by atoms with Crippen molar-refractivity contribution < 1.29 is 28.1 Å². The van der Waals surface area contributed by atoms with Crippen molar-refractivity contribution in [3.8, 4) is 39.9 Å². The van der Waals surface area contributed by atoms with Crippen molar-refractivity contribution in [1.29, 1.82) is 0 Å². The highest BCUT2D eigenvalue weighted by Crippen LogP contribution is 2.53. The van der Waals surface area contributed by atoms with Gasteiger partial charge in [0.1, 0.15) is 33.8 Å². The van der Waals surface area contributed by atoms with Gasteiger partial charge in [-0.15, -0.1) is 0 Å². The van der Waals surface area contributed by atoms with Crippen LogP contribution in [0.4, 0.5) is 8.78 Å². The average Bonchev–Trinajstić information content (AvgIpc) is 3.90. The molecule has 4 unspecified atom stereocenters. The van der Waals surface area contributed by atoms with E-state index in [4.69, 9.17) is 60.6 Å². The summed E-state index contributed by atoms with van der Waals surface area (Å²) in [7, 11) is 0. The fraction of sp³-hybridized carbons (Fsp3) is 0.391. The number of aromatic nitrogens is 4. The highest BCUT2D eigenvalue weighted by molar-refractivity contribution is 6.33. The molecule has 5 atom stereocenters. The second-order valence-corrected chi connectivity index (χ2v) is 18.5. The molecule has 62 heavy (non-hydrogen) atoms. The average molecular weight is 929 g/mol. The number of phenols is 1. The molecule has 16 heteroatoms. The molecule has 4 aliphatic rings. The number of rotatable bonds is 11. The molecular formula is C46H44Cl4F2N4O6. The Bertz CT molecular complexity index is 2790. The van der Waals surface area contributed by atoms with Crippen LogP contribution in [0.2, 0.25) is 15.3 Å². The first-order valence-corrected chi connectivity index (χ1v) is 22.4. The first kappa shape index (κ1) is 42.7. The van der Waals surface area contributed by atoms with E-state index in [1.165, 1.54) is 12.1 Å². The van der Waals surface area contributed by atoms with E-state index in [1.54, 1.807) is 43.9 Å². The fourth-order valence-electron chi connectivity index (χ4n) is 9.31. The van der Waals surface area contributed by atoms with E-state index < -0.39 is 23.7 Å². The van der Waals surface area contributed by atoms with E-state index in [-0.39, 0.29) is 88.9 Å². The van der Waals surface area contributed by atoms with Gasteiger partial charge in [0.05, 0.1) is 27.3 Å². The Morgan fingerprint density at radius 1 is 0.823 bits per heavy atom. The van der Waals surface area contributed by atoms with Crippen LogP contribution in [0.1, 0.15) is 69.9 Å². The summed E-state index contributed by atoms with van der Waals surface area (Å²) < 4.78 is 56.4. The third-order valence-corrected chi connectivity index (χ3v) is 13.8. The molecule has 2 aliphatic heterocycles. The molecule has 326 valence electrons. The monoisotopic (exact) mass is 926 g/mol. The number of aromatic hydroxyl groups is 1. The van der Waals surface area contributed by atoms with E-state index in [0.29, 0.717) is 43.6 Å². The molecule has 1 saturated carbocycles. The maximum Gasteiger partial charge on any atom is 0.276 e. The number of nitrogens with zero attached hydrogens (tertiary/aromatic N) is 4. The van der Waals surface area contributed by atoms with Gasteiger partial charge in [-0.1, -0.05) is 71.5 Å². The number of para-hydroxylation sites is 2. The number of allylic oxidation sites excluding steroid dienone is 2. The molecular weight excluding hydrogens is 884 g/mol. The predicted molar refractivity (Wildman–Crippen MR) is 237 cm³/mol. The number of fused-ring (bicyclic) bond motifs is 2. The molecule has 10 nitrogen and oxygen atoms in total. The molecule has 2 aliphatic carbocycles. The van der Waals surface area contributed by atoms with E-state index in [9.17, 15) is 14.7 Å². The van der Waals surface area contributed by atoms with Gasteiger partial charge in [0.2, 0.25) is 0 Å². The van der Waals surface area contributed by atoms with E-state index >= 15 is 8.78 Å². The lowest BCUT2D eigenvalue weighted by Gasteiger charge is -2.30. The Morgan fingerprint density at radius 3 is 2.27 bits per heavy atom. The Balaban J connectivity index is 0.913. The fourth-order valence-corrected chi connectivity index (χ4v) is 10.5. The molecule has 0 radical (unpaired) electrons. The standard InChI is InChI=1S/C46H44Cl4F2N4O6/c1-23(2)60-38-18-26(10-11-36(38)61-37-19-29(32(51)20-30(37)47)40-43(49)53-13-6-7-14-55(53)45(40)58)28-17-27(28)16-25-12-15-54-44(50)41(46(59)56(54)22-25)39-24(3)42(31(48)21-33(39)52)62-35-9-5-4-8-34(35)57/h4-5,8-11,18-21,23-25,27-28,42,57H,6-7,12-17,22H2,1-3H3/t24?,25?,27?,28-,42?/m1/s1. The zero-order valence-corrected chi connectivity index (χ0v) is 37.2. The van der Waals surface area contributed by atoms with Gasteiger partial charge in [-0.25, -0.2) is 18.1 Å². The lowest BCUT2D eigenvalue weighted by Crippen LogP contribution is -2.34. The third kappa shape index (κ3) is 7.75. The Hall–Kier alpha value is -4.62. The minimum Gasteiger partial charge on any atom is -0.504 e. The molecule has 0 saturated heterocycles. The van der Waals surface area contributed by atoms with Crippen LogP contribution in [0.25, 0.3) is 16.7 Å². The number of phenolic OH excluding ortho intramolecular Hbond substituents is 1. The van der Waals surface area contributed by atoms with Crippen LogP contribution in [0.15, 0.2) is 81.1 Å². The highest BCUT2D eigenvalue weighted by Gasteiger charge is 2.42. The predicted octanol–water partition coefficient (Wildman–Crippen LogP) is 11.6. The number of halogens is 6. The first-order chi connectivity index (χ1) is 29.7. The van der Waals surface area contributed by atoms with Gasteiger partial charge in [0, 0.05) is 43.2 Å². The number of benzene rings is 3. The summed E-state index contributed by atoms with van der Waals surface area (Å²) >= 11 is 26.6. The summed E-state index contributed by atoms with van der Waals surface area (Å²) in [6.07, 6.45) is 4.41. The largest absolute Gasteiger partial charge is 0.504 e. The van der Waals surface area contributed by atoms with Crippen LogP contribution in [0, 0.1) is 23.6 Å². The van der Waals surface area contributed by atoms with Crippen molar-refractivity contribution in [3.63, 3.8) is 0 Å². The maximum atomic E-state index is 15.8. The lowest BCUT2D eigenvalue weighted by molar-refractivity contribution is 0.199. The molecule has 1 fully saturated rings. The van der Waals surface area contributed by atoms with Crippen LogP contribution in [-0.2, 0) is 26.2 Å². The van der Waals surface area contributed by atoms with Crippen molar-refractivity contribution in [3.05, 3.63) is 125 Å². The Kier molecular flexibility index (Phi) is 11.6. The molecule has 0 amide bonds. The van der Waals surface area contributed by atoms with Crippen LogP contribution in [-0.4, -0.2) is 36.0 Å². The van der Waals surface area contributed by atoms with Crippen molar-refractivity contribution in [2.45, 2.75) is 97.2 Å². The first-order valence-electron chi connectivity index (χ1n) is 20.9. The summed E-state index contributed by atoms with van der Waals surface area (Å²) in [5.41, 5.74) is 0.615. The van der Waals surface area contributed by atoms with Crippen LogP contribution in [0.5, 0.6) is 28.7 Å². The van der Waals surface area contributed by atoms with Gasteiger partial charge < -0.3 is 19.3 Å². The highest BCUT2D eigenvalue weighted by atomic mass is 35.5. The molecule has 0 bridgehead atoms. The summed E-state index contributed by atoms with van der Waals surface area (Å²) in [6, 6.07) is 14.8. The van der Waals surface area contributed by atoms with Crippen LogP contribution >= 0.6 is 46.4 Å². The van der Waals surface area contributed by atoms with E-state index in [0.717, 1.165) is 49.8 Å².